The van der Waals surface area contributed by atoms with Crippen molar-refractivity contribution >= 4 is 41.4 Å². The molecular weight excluding hydrogens is 349 g/mol. The molecule has 0 aliphatic carbocycles. The fourth-order valence-electron chi connectivity index (χ4n) is 2.42. The smallest absolute Gasteiger partial charge is 0.318 e. The largest absolute Gasteiger partial charge is 0.346 e. The Hall–Kier alpha value is -2.37. The number of halogens is 2. The summed E-state index contributed by atoms with van der Waals surface area (Å²) in [6, 6.07) is 13.3. The molecule has 1 aliphatic rings. The van der Waals surface area contributed by atoms with Crippen LogP contribution in [0.25, 0.3) is 0 Å². The maximum atomic E-state index is 12.7. The minimum absolute atomic E-state index is 0.379. The van der Waals surface area contributed by atoms with Crippen LogP contribution in [-0.4, -0.2) is 23.2 Å². The molecule has 1 heterocycles. The molecule has 24 heavy (non-hydrogen) atoms. The number of nitrogens with one attached hydrogen (secondary N) is 1. The molecule has 1 saturated heterocycles. The van der Waals surface area contributed by atoms with Gasteiger partial charge in [-0.25, -0.2) is 4.79 Å². The summed E-state index contributed by atoms with van der Waals surface area (Å²) >= 11 is 11.9. The van der Waals surface area contributed by atoms with E-state index in [2.05, 4.69) is 10.4 Å². The lowest BCUT2D eigenvalue weighted by Crippen LogP contribution is -2.40. The highest BCUT2D eigenvalue weighted by Gasteiger charge is 2.49. The number of carbonyl (C=O) groups is 2. The van der Waals surface area contributed by atoms with Crippen molar-refractivity contribution in [2.45, 2.75) is 12.5 Å². The summed E-state index contributed by atoms with van der Waals surface area (Å²) in [7, 11) is 0. The molecule has 2 aromatic carbocycles. The normalized spacial score (nSPS) is 20.7. The van der Waals surface area contributed by atoms with Gasteiger partial charge in [-0.1, -0.05) is 59.6 Å². The summed E-state index contributed by atoms with van der Waals surface area (Å²) in [6.45, 7) is 1.65. The van der Waals surface area contributed by atoms with E-state index in [1.54, 1.807) is 49.4 Å². The molecule has 0 spiro atoms. The molecule has 0 radical (unpaired) electrons. The van der Waals surface area contributed by atoms with Gasteiger partial charge in [-0.15, -0.1) is 5.01 Å². The van der Waals surface area contributed by atoms with Gasteiger partial charge in [0.1, 0.15) is 5.54 Å². The van der Waals surface area contributed by atoms with Gasteiger partial charge in [-0.2, -0.15) is 5.10 Å². The van der Waals surface area contributed by atoms with Gasteiger partial charge >= 0.3 is 6.03 Å². The highest BCUT2D eigenvalue weighted by atomic mass is 35.5. The van der Waals surface area contributed by atoms with E-state index in [4.69, 9.17) is 23.2 Å². The number of carbonyl (C=O) groups excluding carboxylic acids is 2. The van der Waals surface area contributed by atoms with Crippen LogP contribution < -0.4 is 5.32 Å². The Balaban J connectivity index is 1.89. The van der Waals surface area contributed by atoms with Crippen molar-refractivity contribution in [3.63, 3.8) is 0 Å². The number of imide groups is 1. The molecule has 3 rings (SSSR count). The van der Waals surface area contributed by atoms with Gasteiger partial charge in [0.25, 0.3) is 5.91 Å². The van der Waals surface area contributed by atoms with E-state index in [0.717, 1.165) is 5.01 Å². The van der Waals surface area contributed by atoms with Gasteiger partial charge in [-0.05, 0) is 24.6 Å². The second-order valence-corrected chi connectivity index (χ2v) is 6.29. The number of hydrogen-bond donors (Lipinski definition) is 1. The third-order valence-electron chi connectivity index (χ3n) is 3.80. The third-order valence-corrected chi connectivity index (χ3v) is 4.36. The summed E-state index contributed by atoms with van der Waals surface area (Å²) < 4.78 is 0. The molecule has 1 N–H and O–H groups in total. The van der Waals surface area contributed by atoms with E-state index in [0.29, 0.717) is 21.2 Å². The number of urea groups is 1. The third kappa shape index (κ3) is 2.88. The number of rotatable bonds is 3. The zero-order valence-corrected chi connectivity index (χ0v) is 14.2. The maximum Gasteiger partial charge on any atom is 0.346 e. The number of benzene rings is 2. The fourth-order valence-corrected chi connectivity index (χ4v) is 2.88. The summed E-state index contributed by atoms with van der Waals surface area (Å²) in [4.78, 5) is 24.8. The van der Waals surface area contributed by atoms with Gasteiger partial charge in [0.05, 0.1) is 11.2 Å². The lowest BCUT2D eigenvalue weighted by Gasteiger charge is -2.20. The van der Waals surface area contributed by atoms with E-state index in [1.807, 2.05) is 6.07 Å². The van der Waals surface area contributed by atoms with Crippen LogP contribution in [0.2, 0.25) is 10.0 Å². The quantitative estimate of drug-likeness (QED) is 0.667. The van der Waals surface area contributed by atoms with Crippen molar-refractivity contribution < 1.29 is 9.59 Å². The minimum Gasteiger partial charge on any atom is -0.318 e. The average molecular weight is 362 g/mol. The molecule has 0 bridgehead atoms. The van der Waals surface area contributed by atoms with Crippen LogP contribution in [0.4, 0.5) is 4.79 Å². The molecule has 7 heteroatoms. The van der Waals surface area contributed by atoms with Crippen LogP contribution in [0.15, 0.2) is 53.6 Å². The van der Waals surface area contributed by atoms with Crippen LogP contribution in [0.5, 0.6) is 0 Å². The van der Waals surface area contributed by atoms with E-state index >= 15 is 0 Å². The summed E-state index contributed by atoms with van der Waals surface area (Å²) in [6.07, 6.45) is 1.35. The molecular formula is C17H13Cl2N3O2. The van der Waals surface area contributed by atoms with Crippen LogP contribution in [0, 0.1) is 0 Å². The molecule has 1 atom stereocenters. The highest BCUT2D eigenvalue weighted by Crippen LogP contribution is 2.29. The predicted octanol–water partition coefficient (Wildman–Crippen LogP) is 3.79. The van der Waals surface area contributed by atoms with Gasteiger partial charge in [-0.3, -0.25) is 4.79 Å². The topological polar surface area (TPSA) is 61.8 Å². The Bertz CT molecular complexity index is 839. The molecule has 0 saturated carbocycles. The van der Waals surface area contributed by atoms with Crippen LogP contribution in [-0.2, 0) is 10.3 Å². The molecule has 1 fully saturated rings. The summed E-state index contributed by atoms with van der Waals surface area (Å²) in [5.41, 5.74) is 0.0833. The van der Waals surface area contributed by atoms with Gasteiger partial charge in [0.15, 0.2) is 0 Å². The standard InChI is InChI=1S/C17H13Cl2N3O2/c1-17(12-5-3-2-4-6-12)15(23)22(16(24)21-17)20-10-11-7-8-13(18)9-14(11)19/h2-10H,1H3,(H,21,24)/b20-10-/t17-/m1/s1. The van der Waals surface area contributed by atoms with Crippen LogP contribution in [0.1, 0.15) is 18.1 Å². The SMILES string of the molecule is C[C@]1(c2ccccc2)NC(=O)N(/N=C\c2ccc(Cl)cc2Cl)C1=O. The van der Waals surface area contributed by atoms with E-state index in [9.17, 15) is 9.59 Å². The van der Waals surface area contributed by atoms with E-state index in [-0.39, 0.29) is 0 Å². The van der Waals surface area contributed by atoms with Crippen LogP contribution in [0.3, 0.4) is 0 Å². The van der Waals surface area contributed by atoms with E-state index < -0.39 is 17.5 Å². The predicted molar refractivity (Wildman–Crippen MR) is 93.2 cm³/mol. The molecule has 122 valence electrons. The second-order valence-electron chi connectivity index (χ2n) is 5.45. The number of amides is 3. The van der Waals surface area contributed by atoms with Crippen molar-refractivity contribution in [3.8, 4) is 0 Å². The van der Waals surface area contributed by atoms with Gasteiger partial charge in [0, 0.05) is 10.6 Å². The first-order valence-electron chi connectivity index (χ1n) is 7.13. The Kier molecular flexibility index (Phi) is 4.30. The molecule has 5 nitrogen and oxygen atoms in total. The van der Waals surface area contributed by atoms with Crippen molar-refractivity contribution in [1.82, 2.24) is 10.3 Å². The maximum absolute atomic E-state index is 12.7. The second kappa shape index (κ2) is 6.26. The summed E-state index contributed by atoms with van der Waals surface area (Å²) in [5.74, 6) is -0.458. The lowest BCUT2D eigenvalue weighted by atomic mass is 9.92. The Morgan fingerprint density at radius 3 is 2.50 bits per heavy atom. The molecule has 0 aromatic heterocycles. The number of hydrazone groups is 1. The first kappa shape index (κ1) is 16.5. The minimum atomic E-state index is -1.15. The Labute approximate surface area is 148 Å². The highest BCUT2D eigenvalue weighted by molar-refractivity contribution is 6.36. The van der Waals surface area contributed by atoms with Crippen molar-refractivity contribution in [3.05, 3.63) is 69.7 Å². The number of nitrogens with zero attached hydrogens (tertiary/aromatic N) is 2. The monoisotopic (exact) mass is 361 g/mol. The van der Waals surface area contributed by atoms with E-state index in [1.165, 1.54) is 6.21 Å². The van der Waals surface area contributed by atoms with Crippen molar-refractivity contribution in [1.29, 1.82) is 0 Å². The van der Waals surface area contributed by atoms with Crippen molar-refractivity contribution in [2.75, 3.05) is 0 Å². The zero-order valence-electron chi connectivity index (χ0n) is 12.7. The van der Waals surface area contributed by atoms with Gasteiger partial charge < -0.3 is 5.32 Å². The summed E-state index contributed by atoms with van der Waals surface area (Å²) in [5, 5.41) is 8.33. The zero-order chi connectivity index (χ0) is 17.3. The fraction of sp³-hybridized carbons (Fsp3) is 0.118. The average Bonchev–Trinajstić information content (AvgIpc) is 2.78. The lowest BCUT2D eigenvalue weighted by molar-refractivity contribution is -0.131. The number of hydrogen-bond acceptors (Lipinski definition) is 3. The first-order valence-corrected chi connectivity index (χ1v) is 7.88. The Morgan fingerprint density at radius 2 is 1.83 bits per heavy atom. The molecule has 3 amide bonds. The molecule has 1 aliphatic heterocycles. The Morgan fingerprint density at radius 1 is 1.12 bits per heavy atom. The van der Waals surface area contributed by atoms with Crippen molar-refractivity contribution in [2.24, 2.45) is 5.10 Å². The molecule has 0 unspecified atom stereocenters. The molecule has 2 aromatic rings. The first-order chi connectivity index (χ1) is 11.4. The van der Waals surface area contributed by atoms with Crippen LogP contribution >= 0.6 is 23.2 Å². The van der Waals surface area contributed by atoms with Gasteiger partial charge in [0.2, 0.25) is 0 Å².